The van der Waals surface area contributed by atoms with E-state index >= 15 is 0 Å². The Morgan fingerprint density at radius 2 is 2.06 bits per heavy atom. The molecular weight excluding hydrogens is 220 g/mol. The molecule has 0 saturated carbocycles. The molecule has 88 valence electrons. The average Bonchev–Trinajstić information content (AvgIpc) is 2.67. The number of carbonyl (C=O) groups is 2. The van der Waals surface area contributed by atoms with Crippen molar-refractivity contribution in [3.63, 3.8) is 0 Å². The van der Waals surface area contributed by atoms with E-state index in [-0.39, 0.29) is 24.4 Å². The van der Waals surface area contributed by atoms with E-state index in [0.717, 1.165) is 5.56 Å². The van der Waals surface area contributed by atoms with E-state index in [0.29, 0.717) is 0 Å². The number of aliphatic hydroxyl groups is 1. The van der Waals surface area contributed by atoms with Gasteiger partial charge in [0.05, 0.1) is 6.10 Å². The zero-order valence-corrected chi connectivity index (χ0v) is 9.13. The first-order valence-electron chi connectivity index (χ1n) is 5.31. The van der Waals surface area contributed by atoms with E-state index < -0.39 is 12.1 Å². The molecule has 1 aromatic carbocycles. The summed E-state index contributed by atoms with van der Waals surface area (Å²) in [6.07, 6.45) is 0.354. The summed E-state index contributed by atoms with van der Waals surface area (Å²) in [6.45, 7) is 0.125. The second kappa shape index (κ2) is 4.93. The number of hydrogen-bond donors (Lipinski definition) is 1. The van der Waals surface area contributed by atoms with Crippen LogP contribution >= 0.6 is 0 Å². The lowest BCUT2D eigenvalue weighted by molar-refractivity contribution is -0.141. The minimum absolute atomic E-state index is 0.0320. The Kier molecular flexibility index (Phi) is 3.35. The largest absolute Gasteiger partial charge is 0.457 e. The number of hydrogen-bond acceptors (Lipinski definition) is 4. The molecule has 1 atom stereocenters. The van der Waals surface area contributed by atoms with Crippen LogP contribution in [0.15, 0.2) is 42.0 Å². The van der Waals surface area contributed by atoms with E-state index in [1.807, 2.05) is 30.3 Å². The molecule has 0 heterocycles. The van der Waals surface area contributed by atoms with Gasteiger partial charge < -0.3 is 9.84 Å². The third-order valence-electron chi connectivity index (χ3n) is 2.49. The van der Waals surface area contributed by atoms with Gasteiger partial charge in [0.2, 0.25) is 0 Å². The molecular formula is C13H12O4. The van der Waals surface area contributed by atoms with Gasteiger partial charge in [0.1, 0.15) is 12.2 Å². The third kappa shape index (κ3) is 2.79. The Bertz CT molecular complexity index is 462. The van der Waals surface area contributed by atoms with Gasteiger partial charge in [0.25, 0.3) is 0 Å². The van der Waals surface area contributed by atoms with Gasteiger partial charge in [-0.15, -0.1) is 0 Å². The van der Waals surface area contributed by atoms with E-state index in [2.05, 4.69) is 0 Å². The summed E-state index contributed by atoms with van der Waals surface area (Å²) in [5, 5.41) is 9.20. The molecule has 0 spiro atoms. The lowest BCUT2D eigenvalue weighted by Gasteiger charge is -2.04. The van der Waals surface area contributed by atoms with Crippen LogP contribution in [0.25, 0.3) is 0 Å². The van der Waals surface area contributed by atoms with E-state index in [4.69, 9.17) is 4.74 Å². The van der Waals surface area contributed by atoms with Gasteiger partial charge in [0, 0.05) is 6.42 Å². The van der Waals surface area contributed by atoms with Crippen LogP contribution in [0.4, 0.5) is 0 Å². The van der Waals surface area contributed by atoms with Crippen molar-refractivity contribution in [3.05, 3.63) is 47.5 Å². The Labute approximate surface area is 98.5 Å². The molecule has 4 nitrogen and oxygen atoms in total. The van der Waals surface area contributed by atoms with Crippen molar-refractivity contribution < 1.29 is 19.4 Å². The molecule has 0 fully saturated rings. The summed E-state index contributed by atoms with van der Waals surface area (Å²) in [5.41, 5.74) is 0.806. The SMILES string of the molecule is O=C1C[C@H](O)C=C1C(=O)OCc1ccccc1. The number of aliphatic hydroxyl groups excluding tert-OH is 1. The number of rotatable bonds is 3. The van der Waals surface area contributed by atoms with Crippen molar-refractivity contribution in [3.8, 4) is 0 Å². The monoisotopic (exact) mass is 232 g/mol. The van der Waals surface area contributed by atoms with Crippen molar-refractivity contribution in [1.29, 1.82) is 0 Å². The number of carbonyl (C=O) groups excluding carboxylic acids is 2. The summed E-state index contributed by atoms with van der Waals surface area (Å²) in [7, 11) is 0. The molecule has 0 unspecified atom stereocenters. The third-order valence-corrected chi connectivity index (χ3v) is 2.49. The van der Waals surface area contributed by atoms with Crippen molar-refractivity contribution in [2.45, 2.75) is 19.1 Å². The lowest BCUT2D eigenvalue weighted by Crippen LogP contribution is -2.12. The predicted octanol–water partition coefficient (Wildman–Crippen LogP) is 0.990. The van der Waals surface area contributed by atoms with Gasteiger partial charge in [-0.3, -0.25) is 4.79 Å². The van der Waals surface area contributed by atoms with E-state index in [9.17, 15) is 14.7 Å². The van der Waals surface area contributed by atoms with Crippen molar-refractivity contribution >= 4 is 11.8 Å². The zero-order chi connectivity index (χ0) is 12.3. The molecule has 0 radical (unpaired) electrons. The second-order valence-corrected chi connectivity index (χ2v) is 3.84. The molecule has 1 aliphatic carbocycles. The zero-order valence-electron chi connectivity index (χ0n) is 9.13. The van der Waals surface area contributed by atoms with Gasteiger partial charge in [-0.2, -0.15) is 0 Å². The van der Waals surface area contributed by atoms with Gasteiger partial charge in [-0.1, -0.05) is 30.3 Å². The van der Waals surface area contributed by atoms with Crippen LogP contribution in [0.3, 0.4) is 0 Å². The summed E-state index contributed by atoms with van der Waals surface area (Å²) < 4.78 is 4.99. The molecule has 0 aliphatic heterocycles. The quantitative estimate of drug-likeness (QED) is 0.623. The number of ether oxygens (including phenoxy) is 1. The van der Waals surface area contributed by atoms with Crippen LogP contribution in [-0.2, 0) is 20.9 Å². The minimum Gasteiger partial charge on any atom is -0.457 e. The smallest absolute Gasteiger partial charge is 0.341 e. The average molecular weight is 232 g/mol. The molecule has 1 N–H and O–H groups in total. The minimum atomic E-state index is -0.859. The first-order valence-corrected chi connectivity index (χ1v) is 5.31. The summed E-state index contributed by atoms with van der Waals surface area (Å²) in [6, 6.07) is 9.20. The predicted molar refractivity (Wildman–Crippen MR) is 60.0 cm³/mol. The fourth-order valence-electron chi connectivity index (χ4n) is 1.63. The molecule has 0 amide bonds. The highest BCUT2D eigenvalue weighted by Crippen LogP contribution is 2.16. The van der Waals surface area contributed by atoms with Crippen molar-refractivity contribution in [2.24, 2.45) is 0 Å². The van der Waals surface area contributed by atoms with Crippen LogP contribution in [0.5, 0.6) is 0 Å². The maximum Gasteiger partial charge on any atom is 0.341 e. The van der Waals surface area contributed by atoms with Gasteiger partial charge in [-0.25, -0.2) is 4.79 Å². The van der Waals surface area contributed by atoms with Gasteiger partial charge >= 0.3 is 5.97 Å². The molecule has 17 heavy (non-hydrogen) atoms. The highest BCUT2D eigenvalue weighted by molar-refractivity contribution is 6.19. The van der Waals surface area contributed by atoms with Crippen LogP contribution in [0, 0.1) is 0 Å². The highest BCUT2D eigenvalue weighted by atomic mass is 16.5. The molecule has 2 rings (SSSR count). The van der Waals surface area contributed by atoms with Gasteiger partial charge in [-0.05, 0) is 11.6 Å². The molecule has 0 bridgehead atoms. The van der Waals surface area contributed by atoms with Gasteiger partial charge in [0.15, 0.2) is 5.78 Å². The molecule has 1 aromatic rings. The first-order chi connectivity index (χ1) is 8.16. The lowest BCUT2D eigenvalue weighted by atomic mass is 10.2. The van der Waals surface area contributed by atoms with Crippen LogP contribution < -0.4 is 0 Å². The molecule has 0 aromatic heterocycles. The molecule has 1 aliphatic rings. The Morgan fingerprint density at radius 1 is 1.35 bits per heavy atom. The number of esters is 1. The first kappa shape index (κ1) is 11.5. The fourth-order valence-corrected chi connectivity index (χ4v) is 1.63. The summed E-state index contributed by atoms with van der Waals surface area (Å²) in [4.78, 5) is 22.9. The highest BCUT2D eigenvalue weighted by Gasteiger charge is 2.28. The van der Waals surface area contributed by atoms with Crippen LogP contribution in [-0.4, -0.2) is 23.0 Å². The summed E-state index contributed by atoms with van der Waals surface area (Å²) >= 11 is 0. The van der Waals surface area contributed by atoms with Crippen LogP contribution in [0.2, 0.25) is 0 Å². The maximum atomic E-state index is 11.6. The number of ketones is 1. The number of Topliss-reactive ketones (excluding diaryl/α,β-unsaturated/α-hetero) is 1. The maximum absolute atomic E-state index is 11.6. The topological polar surface area (TPSA) is 63.6 Å². The Balaban J connectivity index is 1.95. The van der Waals surface area contributed by atoms with Crippen LogP contribution in [0.1, 0.15) is 12.0 Å². The fraction of sp³-hybridized carbons (Fsp3) is 0.231. The normalized spacial score (nSPS) is 19.0. The number of benzene rings is 1. The van der Waals surface area contributed by atoms with Crippen molar-refractivity contribution in [1.82, 2.24) is 0 Å². The van der Waals surface area contributed by atoms with E-state index in [1.54, 1.807) is 0 Å². The Hall–Kier alpha value is -1.94. The summed E-state index contributed by atoms with van der Waals surface area (Å²) in [5.74, 6) is -1.04. The van der Waals surface area contributed by atoms with Crippen molar-refractivity contribution in [2.75, 3.05) is 0 Å². The Morgan fingerprint density at radius 3 is 2.65 bits per heavy atom. The standard InChI is InChI=1S/C13H12O4/c14-10-6-11(12(15)7-10)13(16)17-8-9-4-2-1-3-5-9/h1-6,10,14H,7-8H2/t10-/m1/s1. The second-order valence-electron chi connectivity index (χ2n) is 3.84. The molecule has 0 saturated heterocycles. The molecule has 4 heteroatoms. The van der Waals surface area contributed by atoms with E-state index in [1.165, 1.54) is 6.08 Å².